The first-order valence-electron chi connectivity index (χ1n) is 8.98. The predicted molar refractivity (Wildman–Crippen MR) is 106 cm³/mol. The van der Waals surface area contributed by atoms with Gasteiger partial charge in [-0.1, -0.05) is 19.0 Å². The smallest absolute Gasteiger partial charge is 0.215 e. The van der Waals surface area contributed by atoms with Crippen molar-refractivity contribution in [3.05, 3.63) is 17.0 Å². The molecule has 1 saturated heterocycles. The van der Waals surface area contributed by atoms with Crippen LogP contribution in [0.2, 0.25) is 0 Å². The van der Waals surface area contributed by atoms with Gasteiger partial charge in [0.2, 0.25) is 10.0 Å². The van der Waals surface area contributed by atoms with Crippen molar-refractivity contribution in [2.24, 2.45) is 4.99 Å². The Labute approximate surface area is 160 Å². The molecule has 0 atom stereocenters. The monoisotopic (exact) mass is 403 g/mol. The molecular weight excluding hydrogens is 374 g/mol. The summed E-state index contributed by atoms with van der Waals surface area (Å²) < 4.78 is 31.7. The van der Waals surface area contributed by atoms with E-state index in [9.17, 15) is 8.42 Å². The summed E-state index contributed by atoms with van der Waals surface area (Å²) in [5.41, 5.74) is 1.99. The van der Waals surface area contributed by atoms with E-state index in [2.05, 4.69) is 20.8 Å². The SMILES string of the molecule is CCc1noc(CC)c1CNC(=NC)NCCS(=O)(=O)N1CCSCC1. The molecule has 0 bridgehead atoms. The third kappa shape index (κ3) is 5.62. The first kappa shape index (κ1) is 21.0. The molecule has 2 heterocycles. The molecular formula is C16H29N5O3S2. The fourth-order valence-corrected chi connectivity index (χ4v) is 5.27. The van der Waals surface area contributed by atoms with Crippen molar-refractivity contribution in [3.63, 3.8) is 0 Å². The number of nitrogens with one attached hydrogen (secondary N) is 2. The maximum Gasteiger partial charge on any atom is 0.215 e. The van der Waals surface area contributed by atoms with E-state index in [1.165, 1.54) is 0 Å². The average molecular weight is 404 g/mol. The van der Waals surface area contributed by atoms with Gasteiger partial charge in [-0.25, -0.2) is 12.7 Å². The van der Waals surface area contributed by atoms with Gasteiger partial charge < -0.3 is 15.2 Å². The number of rotatable bonds is 8. The Hall–Kier alpha value is -1.26. The Morgan fingerprint density at radius 2 is 2.00 bits per heavy atom. The van der Waals surface area contributed by atoms with Gasteiger partial charge in [0, 0.05) is 56.7 Å². The molecule has 0 aliphatic carbocycles. The zero-order valence-electron chi connectivity index (χ0n) is 15.7. The molecule has 0 amide bonds. The van der Waals surface area contributed by atoms with Crippen LogP contribution in [0.4, 0.5) is 0 Å². The molecule has 0 saturated carbocycles. The first-order chi connectivity index (χ1) is 12.5. The molecule has 148 valence electrons. The lowest BCUT2D eigenvalue weighted by Crippen LogP contribution is -2.44. The van der Waals surface area contributed by atoms with Gasteiger partial charge in [0.1, 0.15) is 5.76 Å². The van der Waals surface area contributed by atoms with E-state index in [1.807, 2.05) is 13.8 Å². The summed E-state index contributed by atoms with van der Waals surface area (Å²) in [4.78, 5) is 4.16. The third-order valence-electron chi connectivity index (χ3n) is 4.28. The number of hydrogen-bond donors (Lipinski definition) is 2. The molecule has 8 nitrogen and oxygen atoms in total. The number of aryl methyl sites for hydroxylation is 2. The second-order valence-corrected chi connectivity index (χ2v) is 9.23. The number of aromatic nitrogens is 1. The van der Waals surface area contributed by atoms with E-state index in [0.29, 0.717) is 32.1 Å². The molecule has 26 heavy (non-hydrogen) atoms. The number of sulfonamides is 1. The largest absolute Gasteiger partial charge is 0.361 e. The molecule has 0 unspecified atom stereocenters. The zero-order chi connectivity index (χ0) is 19.0. The Bertz CT molecular complexity index is 675. The van der Waals surface area contributed by atoms with E-state index in [-0.39, 0.29) is 5.75 Å². The lowest BCUT2D eigenvalue weighted by molar-refractivity contribution is 0.380. The standard InChI is InChI=1S/C16H29N5O3S2/c1-4-14-13(15(5-2)24-20-14)12-19-16(17-3)18-6-11-26(22,23)21-7-9-25-10-8-21/h4-12H2,1-3H3,(H2,17,18,19). The van der Waals surface area contributed by atoms with Gasteiger partial charge in [-0.15, -0.1) is 0 Å². The minimum absolute atomic E-state index is 0.0616. The van der Waals surface area contributed by atoms with Crippen LogP contribution in [0.15, 0.2) is 9.52 Å². The highest BCUT2D eigenvalue weighted by atomic mass is 32.2. The van der Waals surface area contributed by atoms with Gasteiger partial charge in [-0.3, -0.25) is 4.99 Å². The van der Waals surface area contributed by atoms with Crippen molar-refractivity contribution >= 4 is 27.7 Å². The van der Waals surface area contributed by atoms with Crippen LogP contribution in [0.1, 0.15) is 30.9 Å². The Balaban J connectivity index is 1.84. The maximum absolute atomic E-state index is 12.4. The number of hydrogen-bond acceptors (Lipinski definition) is 6. The highest BCUT2D eigenvalue weighted by molar-refractivity contribution is 7.99. The van der Waals surface area contributed by atoms with Gasteiger partial charge in [0.05, 0.1) is 11.4 Å². The number of nitrogens with zero attached hydrogens (tertiary/aromatic N) is 3. The van der Waals surface area contributed by atoms with Crippen molar-refractivity contribution in [1.29, 1.82) is 0 Å². The minimum Gasteiger partial charge on any atom is -0.361 e. The molecule has 2 N–H and O–H groups in total. The van der Waals surface area contributed by atoms with E-state index < -0.39 is 10.0 Å². The highest BCUT2D eigenvalue weighted by Crippen LogP contribution is 2.15. The van der Waals surface area contributed by atoms with E-state index in [4.69, 9.17) is 4.52 Å². The fraction of sp³-hybridized carbons (Fsp3) is 0.750. The summed E-state index contributed by atoms with van der Waals surface area (Å²) in [6.45, 7) is 6.14. The Morgan fingerprint density at radius 1 is 1.27 bits per heavy atom. The quantitative estimate of drug-likeness (QED) is 0.490. The summed E-state index contributed by atoms with van der Waals surface area (Å²) >= 11 is 1.79. The minimum atomic E-state index is -3.22. The van der Waals surface area contributed by atoms with Gasteiger partial charge in [0.25, 0.3) is 0 Å². The predicted octanol–water partition coefficient (Wildman–Crippen LogP) is 0.843. The van der Waals surface area contributed by atoms with Gasteiger partial charge in [-0.05, 0) is 6.42 Å². The number of aliphatic imine (C=N–C) groups is 1. The molecule has 0 spiro atoms. The molecule has 1 fully saturated rings. The van der Waals surface area contributed by atoms with Gasteiger partial charge in [-0.2, -0.15) is 11.8 Å². The van der Waals surface area contributed by atoms with Crippen LogP contribution in [0, 0.1) is 0 Å². The fourth-order valence-electron chi connectivity index (χ4n) is 2.78. The van der Waals surface area contributed by atoms with E-state index >= 15 is 0 Å². The van der Waals surface area contributed by atoms with Crippen molar-refractivity contribution < 1.29 is 12.9 Å². The van der Waals surface area contributed by atoms with Gasteiger partial charge in [0.15, 0.2) is 5.96 Å². The molecule has 1 aromatic rings. The van der Waals surface area contributed by atoms with Crippen molar-refractivity contribution in [3.8, 4) is 0 Å². The topological polar surface area (TPSA) is 99.8 Å². The van der Waals surface area contributed by atoms with Crippen LogP contribution in [-0.4, -0.2) is 67.8 Å². The molecule has 2 rings (SSSR count). The highest BCUT2D eigenvalue weighted by Gasteiger charge is 2.23. The van der Waals surface area contributed by atoms with Crippen LogP contribution < -0.4 is 10.6 Å². The van der Waals surface area contributed by atoms with Crippen molar-refractivity contribution in [1.82, 2.24) is 20.1 Å². The second kappa shape index (κ2) is 10.2. The van der Waals surface area contributed by atoms with E-state index in [1.54, 1.807) is 23.1 Å². The van der Waals surface area contributed by atoms with Crippen LogP contribution in [-0.2, 0) is 29.4 Å². The summed E-state index contributed by atoms with van der Waals surface area (Å²) in [5.74, 6) is 3.24. The Morgan fingerprint density at radius 3 is 2.62 bits per heavy atom. The average Bonchev–Trinajstić information content (AvgIpc) is 3.07. The summed E-state index contributed by atoms with van der Waals surface area (Å²) in [5, 5.41) is 10.4. The number of guanidine groups is 1. The zero-order valence-corrected chi connectivity index (χ0v) is 17.4. The number of thioether (sulfide) groups is 1. The van der Waals surface area contributed by atoms with Crippen molar-refractivity contribution in [2.45, 2.75) is 33.2 Å². The molecule has 0 radical (unpaired) electrons. The van der Waals surface area contributed by atoms with Crippen LogP contribution >= 0.6 is 11.8 Å². The normalized spacial score (nSPS) is 16.7. The lowest BCUT2D eigenvalue weighted by Gasteiger charge is -2.25. The molecule has 1 aliphatic heterocycles. The van der Waals surface area contributed by atoms with Crippen LogP contribution in [0.5, 0.6) is 0 Å². The summed E-state index contributed by atoms with van der Waals surface area (Å²) in [6, 6.07) is 0. The first-order valence-corrected chi connectivity index (χ1v) is 11.7. The molecule has 10 heteroatoms. The molecule has 0 aromatic carbocycles. The van der Waals surface area contributed by atoms with Crippen molar-refractivity contribution in [2.75, 3.05) is 43.9 Å². The second-order valence-electron chi connectivity index (χ2n) is 5.92. The lowest BCUT2D eigenvalue weighted by atomic mass is 10.1. The maximum atomic E-state index is 12.4. The summed E-state index contributed by atoms with van der Waals surface area (Å²) in [7, 11) is -1.55. The Kier molecular flexibility index (Phi) is 8.23. The van der Waals surface area contributed by atoms with E-state index in [0.717, 1.165) is 41.4 Å². The van der Waals surface area contributed by atoms with Crippen LogP contribution in [0.3, 0.4) is 0 Å². The summed E-state index contributed by atoms with van der Waals surface area (Å²) in [6.07, 6.45) is 1.58. The third-order valence-corrected chi connectivity index (χ3v) is 7.09. The molecule has 1 aliphatic rings. The molecule has 1 aromatic heterocycles. The van der Waals surface area contributed by atoms with Crippen LogP contribution in [0.25, 0.3) is 0 Å². The van der Waals surface area contributed by atoms with Gasteiger partial charge >= 0.3 is 0 Å².